The van der Waals surface area contributed by atoms with Crippen LogP contribution in [0.15, 0.2) is 41.8 Å². The first-order valence-electron chi connectivity index (χ1n) is 9.93. The normalized spacial score (nSPS) is 21.5. The monoisotopic (exact) mass is 457 g/mol. The van der Waals surface area contributed by atoms with Crippen molar-refractivity contribution in [2.24, 2.45) is 0 Å². The van der Waals surface area contributed by atoms with Crippen molar-refractivity contribution >= 4 is 11.8 Å². The average Bonchev–Trinajstić information content (AvgIpc) is 2.79. The molecule has 2 aromatic rings. The molecular weight excluding hydrogens is 438 g/mol. The van der Waals surface area contributed by atoms with E-state index in [0.717, 1.165) is 18.3 Å². The summed E-state index contributed by atoms with van der Waals surface area (Å²) in [6, 6.07) is 2.33. The van der Waals surface area contributed by atoms with E-state index >= 15 is 0 Å². The number of nitrogens with zero attached hydrogens (tertiary/aromatic N) is 3. The van der Waals surface area contributed by atoms with Crippen LogP contribution in [0.2, 0.25) is 0 Å². The molecule has 4 rings (SSSR count). The molecule has 11 heteroatoms. The summed E-state index contributed by atoms with van der Waals surface area (Å²) < 4.78 is 33.8. The fourth-order valence-electron chi connectivity index (χ4n) is 4.03. The zero-order valence-electron chi connectivity index (χ0n) is 17.3. The molecule has 1 saturated heterocycles. The number of pyridine rings is 1. The van der Waals surface area contributed by atoms with E-state index in [-0.39, 0.29) is 31.0 Å². The maximum Gasteiger partial charge on any atom is 0.489 e. The highest BCUT2D eigenvalue weighted by Gasteiger charge is 2.60. The molecule has 0 aliphatic carbocycles. The third-order valence-corrected chi connectivity index (χ3v) is 5.68. The predicted octanol–water partition coefficient (Wildman–Crippen LogP) is 1.81. The van der Waals surface area contributed by atoms with Crippen molar-refractivity contribution in [2.45, 2.75) is 31.4 Å². The molecule has 9 nitrogen and oxygen atoms in total. The summed E-state index contributed by atoms with van der Waals surface area (Å²) in [6.45, 7) is 8.96. The van der Waals surface area contributed by atoms with Gasteiger partial charge in [0, 0.05) is 24.4 Å². The Hall–Kier alpha value is -4.04. The number of halogens is 2. The second-order valence-corrected chi connectivity index (χ2v) is 7.60. The third kappa shape index (κ3) is 3.54. The van der Waals surface area contributed by atoms with E-state index in [2.05, 4.69) is 16.7 Å². The highest BCUT2D eigenvalue weighted by molar-refractivity contribution is 5.99. The highest BCUT2D eigenvalue weighted by atomic mass is 19.1. The number of nitrogens with one attached hydrogen (secondary N) is 1. The van der Waals surface area contributed by atoms with Gasteiger partial charge in [-0.3, -0.25) is 19.1 Å². The first-order valence-corrected chi connectivity index (χ1v) is 9.93. The molecule has 0 bridgehead atoms. The Morgan fingerprint density at radius 1 is 1.42 bits per heavy atom. The van der Waals surface area contributed by atoms with Crippen LogP contribution in [0.4, 0.5) is 8.78 Å². The van der Waals surface area contributed by atoms with Gasteiger partial charge in [-0.2, -0.15) is 0 Å². The average molecular weight is 457 g/mol. The van der Waals surface area contributed by atoms with Gasteiger partial charge in [0.25, 0.3) is 18.4 Å². The zero-order valence-corrected chi connectivity index (χ0v) is 17.3. The van der Waals surface area contributed by atoms with Crippen molar-refractivity contribution in [3.05, 3.63) is 80.6 Å². The first-order chi connectivity index (χ1) is 15.7. The van der Waals surface area contributed by atoms with Crippen molar-refractivity contribution < 1.29 is 28.2 Å². The molecule has 0 unspecified atom stereocenters. The van der Waals surface area contributed by atoms with E-state index in [1.807, 2.05) is 0 Å². The lowest BCUT2D eigenvalue weighted by Gasteiger charge is -2.42. The van der Waals surface area contributed by atoms with Crippen LogP contribution >= 0.6 is 0 Å². The molecule has 33 heavy (non-hydrogen) atoms. The number of carbonyl (C=O) groups excluding carboxylic acids is 2. The Morgan fingerprint density at radius 3 is 2.85 bits per heavy atom. The molecule has 1 aromatic carbocycles. The topological polar surface area (TPSA) is 105 Å². The second kappa shape index (κ2) is 8.14. The minimum absolute atomic E-state index is 0.00943. The van der Waals surface area contributed by atoms with Crippen LogP contribution in [0.1, 0.15) is 32.8 Å². The summed E-state index contributed by atoms with van der Waals surface area (Å²) in [4.78, 5) is 43.5. The van der Waals surface area contributed by atoms with E-state index in [1.54, 1.807) is 0 Å². The molecule has 2 atom stereocenters. The van der Waals surface area contributed by atoms with E-state index in [9.17, 15) is 28.3 Å². The van der Waals surface area contributed by atoms with Gasteiger partial charge >= 0.3 is 5.85 Å². The second-order valence-electron chi connectivity index (χ2n) is 7.60. The van der Waals surface area contributed by atoms with Gasteiger partial charge in [0.1, 0.15) is 17.2 Å². The molecule has 170 valence electrons. The summed E-state index contributed by atoms with van der Waals surface area (Å²) >= 11 is 0. The maximum absolute atomic E-state index is 13.8. The number of carbonyl (C=O) groups is 2. The fraction of sp³-hybridized carbons (Fsp3) is 0.273. The van der Waals surface area contributed by atoms with Crippen LogP contribution < -0.4 is 10.7 Å². The van der Waals surface area contributed by atoms with E-state index < -0.39 is 52.1 Å². The van der Waals surface area contributed by atoms with Crippen molar-refractivity contribution in [1.82, 2.24) is 14.8 Å². The molecule has 2 amide bonds. The van der Waals surface area contributed by atoms with Crippen molar-refractivity contribution in [3.8, 4) is 12.3 Å². The predicted molar refractivity (Wildman–Crippen MR) is 112 cm³/mol. The lowest BCUT2D eigenvalue weighted by molar-refractivity contribution is -0.163. The first kappa shape index (κ1) is 22.2. The Bertz CT molecular complexity index is 1280. The Kier molecular flexibility index (Phi) is 5.47. The number of aromatic hydroxyl groups is 1. The zero-order chi connectivity index (χ0) is 23.9. The van der Waals surface area contributed by atoms with Gasteiger partial charge in [-0.25, -0.2) is 13.7 Å². The molecule has 1 aromatic heterocycles. The number of hydrogen-bond acceptors (Lipinski definition) is 5. The van der Waals surface area contributed by atoms with Crippen LogP contribution in [0.3, 0.4) is 0 Å². The van der Waals surface area contributed by atoms with Gasteiger partial charge in [0.05, 0.1) is 12.6 Å². The van der Waals surface area contributed by atoms with Crippen molar-refractivity contribution in [1.29, 1.82) is 0 Å². The van der Waals surface area contributed by atoms with Crippen LogP contribution in [0.5, 0.6) is 5.75 Å². The van der Waals surface area contributed by atoms with Crippen LogP contribution in [0, 0.1) is 18.2 Å². The summed E-state index contributed by atoms with van der Waals surface area (Å²) in [5, 5.41) is 12.9. The summed E-state index contributed by atoms with van der Waals surface area (Å²) in [6.07, 6.45) is 3.01. The Balaban J connectivity index is 1.70. The van der Waals surface area contributed by atoms with Gasteiger partial charge in [-0.15, -0.1) is 6.58 Å². The van der Waals surface area contributed by atoms with Crippen molar-refractivity contribution in [2.75, 3.05) is 6.61 Å². The van der Waals surface area contributed by atoms with Crippen LogP contribution in [0.25, 0.3) is 4.85 Å². The van der Waals surface area contributed by atoms with E-state index in [4.69, 9.17) is 11.3 Å². The number of benzene rings is 1. The van der Waals surface area contributed by atoms with Crippen molar-refractivity contribution in [3.63, 3.8) is 0 Å². The van der Waals surface area contributed by atoms with Crippen LogP contribution in [-0.2, 0) is 17.8 Å². The lowest BCUT2D eigenvalue weighted by atomic mass is 10.0. The number of aromatic nitrogens is 1. The minimum atomic E-state index is -1.62. The third-order valence-electron chi connectivity index (χ3n) is 5.68. The van der Waals surface area contributed by atoms with E-state index in [0.29, 0.717) is 12.5 Å². The van der Waals surface area contributed by atoms with Gasteiger partial charge < -0.3 is 15.0 Å². The summed E-state index contributed by atoms with van der Waals surface area (Å²) in [5.74, 6) is -5.90. The van der Waals surface area contributed by atoms with Gasteiger partial charge in [0.2, 0.25) is 5.43 Å². The largest absolute Gasteiger partial charge is 0.503 e. The Morgan fingerprint density at radius 2 is 2.18 bits per heavy atom. The molecule has 3 heterocycles. The number of ether oxygens (including phenoxy) is 1. The van der Waals surface area contributed by atoms with Gasteiger partial charge in [-0.05, 0) is 17.3 Å². The summed E-state index contributed by atoms with van der Waals surface area (Å²) in [7, 11) is 0. The maximum atomic E-state index is 13.8. The fourth-order valence-corrected chi connectivity index (χ4v) is 4.03. The standard InChI is InChI=1S/C22H18F2N4O5/c1-3-14-6-7-33-22(25-2)11-27-10-15(18(29)19(30)17(27)21(32)28(14)22)20(31)26-9-12-4-5-13(23)8-16(12)24/h2-5,8,10,14H,1,6-7,9,11H2,(H-,26,30,31,32)/p+1/t14-,22-/m1/s1. The van der Waals surface area contributed by atoms with Gasteiger partial charge in [-0.1, -0.05) is 12.1 Å². The number of rotatable bonds is 4. The molecule has 0 saturated carbocycles. The molecule has 2 aliphatic rings. The number of fused-ring (bicyclic) bond motifs is 2. The molecule has 0 radical (unpaired) electrons. The lowest BCUT2D eigenvalue weighted by Crippen LogP contribution is -2.64. The smallest absolute Gasteiger partial charge is 0.489 e. The molecule has 1 fully saturated rings. The molecule has 2 N–H and O–H groups in total. The quantitative estimate of drug-likeness (QED) is 0.682. The summed E-state index contributed by atoms with van der Waals surface area (Å²) in [5.41, 5.74) is -1.94. The van der Waals surface area contributed by atoms with E-state index in [1.165, 1.54) is 15.5 Å². The Labute approximate surface area is 186 Å². The van der Waals surface area contributed by atoms with Gasteiger partial charge in [0.15, 0.2) is 18.0 Å². The van der Waals surface area contributed by atoms with Crippen LogP contribution in [-0.4, -0.2) is 44.9 Å². The number of hydrogen-bond donors (Lipinski definition) is 2. The molecular formula is C22H19F2N4O5+. The molecule has 2 aliphatic heterocycles. The SMILES string of the molecule is C#[N+][C@]12Cn3cc(C(=O)NCc4ccc(F)cc4F)c(=O)c(O)c3C(=O)N1[C@H](C=C)CCO2. The minimum Gasteiger partial charge on any atom is -0.503 e. The molecule has 0 spiro atoms. The highest BCUT2D eigenvalue weighted by Crippen LogP contribution is 2.37. The number of amides is 2.